The Kier molecular flexibility index (Phi) is 5.53. The zero-order chi connectivity index (χ0) is 23.4. The van der Waals surface area contributed by atoms with Gasteiger partial charge in [0.15, 0.2) is 11.3 Å². The third-order valence-electron chi connectivity index (χ3n) is 6.80. The highest BCUT2D eigenvalue weighted by atomic mass is 32.2. The molecule has 2 atom stereocenters. The van der Waals surface area contributed by atoms with Crippen molar-refractivity contribution in [1.82, 2.24) is 19.4 Å². The Labute approximate surface area is 193 Å². The van der Waals surface area contributed by atoms with Gasteiger partial charge in [-0.3, -0.25) is 9.38 Å². The molecule has 0 radical (unpaired) electrons. The van der Waals surface area contributed by atoms with Gasteiger partial charge in [-0.2, -0.15) is 13.2 Å². The van der Waals surface area contributed by atoms with E-state index in [1.54, 1.807) is 19.3 Å². The molecule has 5 rings (SSSR count). The van der Waals surface area contributed by atoms with Gasteiger partial charge in [0, 0.05) is 48.0 Å². The van der Waals surface area contributed by atoms with Crippen molar-refractivity contribution in [2.24, 2.45) is 11.1 Å². The van der Waals surface area contributed by atoms with Gasteiger partial charge >= 0.3 is 6.18 Å². The first-order valence-corrected chi connectivity index (χ1v) is 11.7. The summed E-state index contributed by atoms with van der Waals surface area (Å²) < 4.78 is 48.0. The van der Waals surface area contributed by atoms with Crippen molar-refractivity contribution >= 4 is 23.4 Å². The maximum Gasteiger partial charge on any atom is 0.434 e. The molecule has 2 N–H and O–H groups in total. The molecule has 11 heteroatoms. The minimum Gasteiger partial charge on any atom is -0.376 e. The summed E-state index contributed by atoms with van der Waals surface area (Å²) in [6, 6.07) is 2.94. The standard InChI is InChI=1S/C22H25F3N6OS/c1-13-16(33-15-4-3-7-27-18(15)22(23,24)25)19-28-8-11-31(19)20(29-13)30-9-5-21(6-10-30)12-32-14(2)17(21)26/h3-4,7-8,11,14,17H,5-6,9-10,12,26H2,1-2H3/t14-,17+/m0/s1. The molecule has 0 aliphatic carbocycles. The first-order chi connectivity index (χ1) is 15.7. The smallest absolute Gasteiger partial charge is 0.376 e. The largest absolute Gasteiger partial charge is 0.434 e. The van der Waals surface area contributed by atoms with E-state index in [1.807, 2.05) is 11.3 Å². The zero-order valence-electron chi connectivity index (χ0n) is 18.3. The first-order valence-electron chi connectivity index (χ1n) is 10.9. The molecule has 0 unspecified atom stereocenters. The minimum atomic E-state index is -4.54. The van der Waals surface area contributed by atoms with Crippen molar-refractivity contribution in [3.63, 3.8) is 0 Å². The van der Waals surface area contributed by atoms with Gasteiger partial charge in [0.25, 0.3) is 0 Å². The van der Waals surface area contributed by atoms with Gasteiger partial charge in [0.2, 0.25) is 5.95 Å². The molecule has 33 heavy (non-hydrogen) atoms. The Hall–Kier alpha value is -2.37. The summed E-state index contributed by atoms with van der Waals surface area (Å²) in [7, 11) is 0. The number of ether oxygens (including phenoxy) is 1. The maximum atomic E-state index is 13.5. The molecular formula is C22H25F3N6OS. The number of aromatic nitrogens is 4. The van der Waals surface area contributed by atoms with Crippen molar-refractivity contribution in [2.45, 2.75) is 54.8 Å². The molecule has 0 bridgehead atoms. The first kappa shape index (κ1) is 22.4. The molecule has 0 saturated carbocycles. The van der Waals surface area contributed by atoms with E-state index in [1.165, 1.54) is 12.1 Å². The number of pyridine rings is 1. The molecule has 0 aromatic carbocycles. The van der Waals surface area contributed by atoms with Crippen LogP contribution in [0.1, 0.15) is 31.2 Å². The van der Waals surface area contributed by atoms with E-state index in [9.17, 15) is 13.2 Å². The lowest BCUT2D eigenvalue weighted by atomic mass is 9.73. The van der Waals surface area contributed by atoms with Crippen LogP contribution in [-0.2, 0) is 10.9 Å². The van der Waals surface area contributed by atoms with Crippen molar-refractivity contribution in [2.75, 3.05) is 24.6 Å². The van der Waals surface area contributed by atoms with Gasteiger partial charge in [-0.1, -0.05) is 11.8 Å². The summed E-state index contributed by atoms with van der Waals surface area (Å²) in [6.07, 6.45) is 1.91. The predicted octanol–water partition coefficient (Wildman–Crippen LogP) is 3.94. The van der Waals surface area contributed by atoms with E-state index in [0.717, 1.165) is 49.8 Å². The molecule has 2 aliphatic rings. The zero-order valence-corrected chi connectivity index (χ0v) is 19.2. The van der Waals surface area contributed by atoms with E-state index >= 15 is 0 Å². The van der Waals surface area contributed by atoms with Crippen LogP contribution in [0.15, 0.2) is 40.5 Å². The summed E-state index contributed by atoms with van der Waals surface area (Å²) in [5.74, 6) is 0.738. The highest BCUT2D eigenvalue weighted by Gasteiger charge is 2.48. The summed E-state index contributed by atoms with van der Waals surface area (Å²) in [5.41, 5.74) is 6.73. The highest BCUT2D eigenvalue weighted by molar-refractivity contribution is 7.99. The van der Waals surface area contributed by atoms with Gasteiger partial charge in [0.05, 0.1) is 23.3 Å². The van der Waals surface area contributed by atoms with Crippen molar-refractivity contribution in [3.05, 3.63) is 42.1 Å². The number of nitrogens with two attached hydrogens (primary N) is 1. The molecule has 2 saturated heterocycles. The lowest BCUT2D eigenvalue weighted by molar-refractivity contribution is -0.143. The Morgan fingerprint density at radius 3 is 2.64 bits per heavy atom. The van der Waals surface area contributed by atoms with Gasteiger partial charge in [0.1, 0.15) is 0 Å². The van der Waals surface area contributed by atoms with Crippen LogP contribution in [0.3, 0.4) is 0 Å². The van der Waals surface area contributed by atoms with E-state index in [0.29, 0.717) is 22.8 Å². The number of rotatable bonds is 3. The second-order valence-corrected chi connectivity index (χ2v) is 9.84. The van der Waals surface area contributed by atoms with E-state index in [2.05, 4.69) is 14.9 Å². The number of alkyl halides is 3. The fourth-order valence-electron chi connectivity index (χ4n) is 4.81. The molecule has 2 aliphatic heterocycles. The Bertz CT molecular complexity index is 1170. The Balaban J connectivity index is 1.46. The molecule has 2 fully saturated rings. The number of fused-ring (bicyclic) bond motifs is 1. The Morgan fingerprint density at radius 2 is 1.97 bits per heavy atom. The van der Waals surface area contributed by atoms with Gasteiger partial charge in [-0.25, -0.2) is 9.97 Å². The SMILES string of the molecule is Cc1nc(N2CCC3(CC2)CO[C@@H](C)[C@H]3N)n2ccnc2c1Sc1cccnc1C(F)(F)F. The van der Waals surface area contributed by atoms with Crippen molar-refractivity contribution in [3.8, 4) is 0 Å². The third-order valence-corrected chi connectivity index (χ3v) is 8.03. The lowest BCUT2D eigenvalue weighted by Crippen LogP contribution is -2.51. The summed E-state index contributed by atoms with van der Waals surface area (Å²) in [5, 5.41) is 0. The van der Waals surface area contributed by atoms with Crippen LogP contribution in [0.2, 0.25) is 0 Å². The monoisotopic (exact) mass is 478 g/mol. The molecule has 7 nitrogen and oxygen atoms in total. The van der Waals surface area contributed by atoms with Crippen LogP contribution in [0, 0.1) is 12.3 Å². The second kappa shape index (κ2) is 8.14. The van der Waals surface area contributed by atoms with Crippen LogP contribution < -0.4 is 10.6 Å². The normalized spacial score (nSPS) is 23.0. The average Bonchev–Trinajstić information content (AvgIpc) is 3.38. The van der Waals surface area contributed by atoms with Gasteiger partial charge in [-0.05, 0) is 38.8 Å². The number of piperidine rings is 1. The number of imidazole rings is 1. The fraction of sp³-hybridized carbons (Fsp3) is 0.500. The number of aryl methyl sites for hydroxylation is 1. The van der Waals surface area contributed by atoms with Crippen LogP contribution >= 0.6 is 11.8 Å². The number of hydrogen-bond acceptors (Lipinski definition) is 7. The fourth-order valence-corrected chi connectivity index (χ4v) is 5.88. The quantitative estimate of drug-likeness (QED) is 0.611. The number of halogens is 3. The highest BCUT2D eigenvalue weighted by Crippen LogP contribution is 2.43. The maximum absolute atomic E-state index is 13.5. The van der Waals surface area contributed by atoms with Crippen molar-refractivity contribution in [1.29, 1.82) is 0 Å². The Morgan fingerprint density at radius 1 is 1.21 bits per heavy atom. The molecule has 3 aromatic heterocycles. The van der Waals surface area contributed by atoms with Crippen LogP contribution in [0.25, 0.3) is 5.65 Å². The molecule has 0 amide bonds. The molecule has 1 spiro atoms. The van der Waals surface area contributed by atoms with Crippen LogP contribution in [-0.4, -0.2) is 51.2 Å². The molecule has 3 aromatic rings. The topological polar surface area (TPSA) is 81.6 Å². The lowest BCUT2D eigenvalue weighted by Gasteiger charge is -2.41. The second-order valence-electron chi connectivity index (χ2n) is 8.79. The minimum absolute atomic E-state index is 0.0108. The van der Waals surface area contributed by atoms with E-state index in [-0.39, 0.29) is 22.5 Å². The molecule has 5 heterocycles. The van der Waals surface area contributed by atoms with Gasteiger partial charge < -0.3 is 15.4 Å². The van der Waals surface area contributed by atoms with Gasteiger partial charge in [-0.15, -0.1) is 0 Å². The number of anilines is 1. The number of hydrogen-bond donors (Lipinski definition) is 1. The molecular weight excluding hydrogens is 453 g/mol. The summed E-state index contributed by atoms with van der Waals surface area (Å²) >= 11 is 0.993. The average molecular weight is 479 g/mol. The summed E-state index contributed by atoms with van der Waals surface area (Å²) in [6.45, 7) is 6.05. The predicted molar refractivity (Wildman–Crippen MR) is 118 cm³/mol. The number of nitrogens with zero attached hydrogens (tertiary/aromatic N) is 5. The summed E-state index contributed by atoms with van der Waals surface area (Å²) in [4.78, 5) is 15.6. The van der Waals surface area contributed by atoms with Crippen molar-refractivity contribution < 1.29 is 17.9 Å². The van der Waals surface area contributed by atoms with E-state index < -0.39 is 11.9 Å². The van der Waals surface area contributed by atoms with E-state index in [4.69, 9.17) is 15.5 Å². The molecule has 176 valence electrons. The van der Waals surface area contributed by atoms with Crippen LogP contribution in [0.5, 0.6) is 0 Å². The third kappa shape index (κ3) is 3.85. The van der Waals surface area contributed by atoms with Crippen LogP contribution in [0.4, 0.5) is 19.1 Å².